The smallest absolute Gasteiger partial charge is 0.276 e. The first-order valence-electron chi connectivity index (χ1n) is 8.67. The molecule has 0 aliphatic carbocycles. The zero-order valence-electron chi connectivity index (χ0n) is 15.2. The number of nitrogens with zero attached hydrogens (tertiary/aromatic N) is 2. The number of pyridine rings is 1. The van der Waals surface area contributed by atoms with Crippen molar-refractivity contribution < 1.29 is 22.3 Å². The first-order valence-corrected chi connectivity index (χ1v) is 9.91. The maximum absolute atomic E-state index is 14.1. The van der Waals surface area contributed by atoms with Gasteiger partial charge in [0.2, 0.25) is 0 Å². The predicted octanol–water partition coefficient (Wildman–Crippen LogP) is 3.53. The molecule has 0 aliphatic rings. The fourth-order valence-corrected chi connectivity index (χ4v) is 3.39. The Hall–Kier alpha value is -3.50. The molecular weight excluding hydrogens is 414 g/mol. The van der Waals surface area contributed by atoms with Crippen LogP contribution in [0.25, 0.3) is 22.0 Å². The molecule has 10 heteroatoms. The van der Waals surface area contributed by atoms with Crippen LogP contribution in [-0.2, 0) is 16.8 Å². The zero-order valence-corrected chi connectivity index (χ0v) is 16.0. The van der Waals surface area contributed by atoms with Gasteiger partial charge >= 0.3 is 0 Å². The van der Waals surface area contributed by atoms with Crippen LogP contribution < -0.4 is 5.32 Å². The molecule has 7 nitrogen and oxygen atoms in total. The number of H-pyrrole nitrogens is 1. The van der Waals surface area contributed by atoms with E-state index >= 15 is 0 Å². The zero-order chi connectivity index (χ0) is 21.3. The van der Waals surface area contributed by atoms with Crippen molar-refractivity contribution in [2.75, 3.05) is 5.32 Å². The van der Waals surface area contributed by atoms with Crippen LogP contribution in [0.2, 0.25) is 0 Å². The normalized spacial score (nSPS) is 12.1. The van der Waals surface area contributed by atoms with Gasteiger partial charge in [-0.2, -0.15) is 5.10 Å². The maximum Gasteiger partial charge on any atom is 0.276 e. The summed E-state index contributed by atoms with van der Waals surface area (Å²) in [6.07, 6.45) is 1.34. The van der Waals surface area contributed by atoms with Crippen LogP contribution in [0.5, 0.6) is 0 Å². The molecule has 2 N–H and O–H groups in total. The lowest BCUT2D eigenvalue weighted by Crippen LogP contribution is -2.13. The molecule has 2 aromatic heterocycles. The highest BCUT2D eigenvalue weighted by Crippen LogP contribution is 2.28. The average molecular weight is 427 g/mol. The number of aromatic nitrogens is 3. The summed E-state index contributed by atoms with van der Waals surface area (Å²) in [5, 5.41) is 9.80. The summed E-state index contributed by atoms with van der Waals surface area (Å²) < 4.78 is 49.1. The molecule has 1 unspecified atom stereocenters. The molecule has 2 heterocycles. The van der Waals surface area contributed by atoms with E-state index in [0.717, 1.165) is 6.07 Å². The Morgan fingerprint density at radius 1 is 1.17 bits per heavy atom. The number of hydrogen-bond donors (Lipinski definition) is 2. The second-order valence-electron chi connectivity index (χ2n) is 6.37. The SMILES string of the molecule is O=C(Nc1ccc(CS(=O)[O-])nc1)c1n[nH]c2ccc(-c3cccc(F)c3F)cc12. The van der Waals surface area contributed by atoms with Gasteiger partial charge in [-0.3, -0.25) is 19.1 Å². The Balaban J connectivity index is 1.63. The maximum atomic E-state index is 14.1. The van der Waals surface area contributed by atoms with E-state index in [2.05, 4.69) is 20.5 Å². The van der Waals surface area contributed by atoms with Gasteiger partial charge in [0.1, 0.15) is 0 Å². The number of rotatable bonds is 5. The summed E-state index contributed by atoms with van der Waals surface area (Å²) in [5.74, 6) is -2.71. The number of halogens is 2. The number of carbonyl (C=O) groups excluding carboxylic acids is 1. The van der Waals surface area contributed by atoms with Crippen molar-refractivity contribution in [2.45, 2.75) is 5.75 Å². The molecule has 4 aromatic rings. The monoisotopic (exact) mass is 427 g/mol. The summed E-state index contributed by atoms with van der Waals surface area (Å²) in [7, 11) is 0. The minimum Gasteiger partial charge on any atom is -0.772 e. The van der Waals surface area contributed by atoms with Crippen molar-refractivity contribution >= 4 is 33.6 Å². The minimum atomic E-state index is -2.26. The van der Waals surface area contributed by atoms with Gasteiger partial charge in [-0.15, -0.1) is 0 Å². The highest BCUT2D eigenvalue weighted by atomic mass is 32.2. The summed E-state index contributed by atoms with van der Waals surface area (Å²) >= 11 is -2.26. The van der Waals surface area contributed by atoms with Crippen LogP contribution in [0.1, 0.15) is 16.2 Å². The van der Waals surface area contributed by atoms with E-state index in [1.807, 2.05) is 0 Å². The number of aromatic amines is 1. The van der Waals surface area contributed by atoms with E-state index < -0.39 is 28.6 Å². The van der Waals surface area contributed by atoms with Crippen LogP contribution in [0.3, 0.4) is 0 Å². The molecule has 0 fully saturated rings. The van der Waals surface area contributed by atoms with E-state index in [9.17, 15) is 22.3 Å². The molecule has 0 radical (unpaired) electrons. The van der Waals surface area contributed by atoms with E-state index in [0.29, 0.717) is 27.8 Å². The number of fused-ring (bicyclic) bond motifs is 1. The largest absolute Gasteiger partial charge is 0.772 e. The van der Waals surface area contributed by atoms with Crippen molar-refractivity contribution in [2.24, 2.45) is 0 Å². The number of hydrogen-bond acceptors (Lipinski definition) is 5. The van der Waals surface area contributed by atoms with Crippen molar-refractivity contribution in [3.05, 3.63) is 77.8 Å². The predicted molar refractivity (Wildman–Crippen MR) is 106 cm³/mol. The third kappa shape index (κ3) is 3.95. The van der Waals surface area contributed by atoms with Gasteiger partial charge in [0.25, 0.3) is 5.91 Å². The summed E-state index contributed by atoms with van der Waals surface area (Å²) in [6.45, 7) is 0. The van der Waals surface area contributed by atoms with Crippen LogP contribution in [0.15, 0.2) is 54.7 Å². The Labute approximate surface area is 171 Å². The fourth-order valence-electron chi connectivity index (χ4n) is 2.98. The molecule has 0 bridgehead atoms. The van der Waals surface area contributed by atoms with E-state index in [1.54, 1.807) is 18.2 Å². The number of nitrogens with one attached hydrogen (secondary N) is 2. The summed E-state index contributed by atoms with van der Waals surface area (Å²) in [4.78, 5) is 16.6. The van der Waals surface area contributed by atoms with Crippen molar-refractivity contribution in [1.29, 1.82) is 0 Å². The van der Waals surface area contributed by atoms with Gasteiger partial charge < -0.3 is 9.87 Å². The molecule has 0 saturated heterocycles. The number of benzene rings is 2. The molecular formula is C20H13F2N4O3S-. The van der Waals surface area contributed by atoms with Gasteiger partial charge in [-0.05, 0) is 47.0 Å². The third-order valence-electron chi connectivity index (χ3n) is 4.39. The van der Waals surface area contributed by atoms with Crippen molar-refractivity contribution in [1.82, 2.24) is 15.2 Å². The number of amides is 1. The molecule has 0 saturated carbocycles. The Morgan fingerprint density at radius 3 is 2.73 bits per heavy atom. The van der Waals surface area contributed by atoms with Crippen molar-refractivity contribution in [3.63, 3.8) is 0 Å². The van der Waals surface area contributed by atoms with Crippen LogP contribution in [0, 0.1) is 11.6 Å². The average Bonchev–Trinajstić information content (AvgIpc) is 3.14. The van der Waals surface area contributed by atoms with Gasteiger partial charge in [0.15, 0.2) is 17.3 Å². The molecule has 0 aliphatic heterocycles. The van der Waals surface area contributed by atoms with E-state index in [1.165, 1.54) is 30.5 Å². The van der Waals surface area contributed by atoms with E-state index in [-0.39, 0.29) is 17.0 Å². The molecule has 1 amide bonds. The quantitative estimate of drug-likeness (QED) is 0.474. The lowest BCUT2D eigenvalue weighted by atomic mass is 10.0. The Kier molecular flexibility index (Phi) is 5.34. The molecule has 1 atom stereocenters. The fraction of sp³-hybridized carbons (Fsp3) is 0.0500. The topological polar surface area (TPSA) is 111 Å². The lowest BCUT2D eigenvalue weighted by molar-refractivity contribution is 0.102. The second-order valence-corrected chi connectivity index (χ2v) is 7.27. The molecule has 30 heavy (non-hydrogen) atoms. The van der Waals surface area contributed by atoms with Gasteiger partial charge in [0, 0.05) is 10.9 Å². The number of anilines is 1. The molecule has 152 valence electrons. The van der Waals surface area contributed by atoms with Gasteiger partial charge in [0.05, 0.1) is 28.8 Å². The second kappa shape index (κ2) is 8.09. The highest BCUT2D eigenvalue weighted by molar-refractivity contribution is 7.78. The summed E-state index contributed by atoms with van der Waals surface area (Å²) in [6, 6.07) is 11.7. The Morgan fingerprint density at radius 2 is 2.00 bits per heavy atom. The molecule has 4 rings (SSSR count). The van der Waals surface area contributed by atoms with Crippen LogP contribution in [-0.4, -0.2) is 29.9 Å². The minimum absolute atomic E-state index is 0.0633. The van der Waals surface area contributed by atoms with Crippen molar-refractivity contribution in [3.8, 4) is 11.1 Å². The van der Waals surface area contributed by atoms with Crippen LogP contribution >= 0.6 is 0 Å². The third-order valence-corrected chi connectivity index (χ3v) is 4.92. The standard InChI is InChI=1S/C20H14F2N4O3S/c21-16-3-1-2-14(18(16)22)11-4-7-17-15(8-11)19(26-25-17)20(27)24-12-5-6-13(23-9-12)10-30(28)29/h1-9H,10H2,(H,24,27)(H,25,26)(H,28,29)/p-1. The van der Waals surface area contributed by atoms with Gasteiger partial charge in [-0.1, -0.05) is 18.2 Å². The molecule has 2 aromatic carbocycles. The number of carbonyl (C=O) groups is 1. The van der Waals surface area contributed by atoms with Gasteiger partial charge in [-0.25, -0.2) is 8.78 Å². The highest BCUT2D eigenvalue weighted by Gasteiger charge is 2.17. The van der Waals surface area contributed by atoms with Crippen LogP contribution in [0.4, 0.5) is 14.5 Å². The Bertz CT molecular complexity index is 1280. The lowest BCUT2D eigenvalue weighted by Gasteiger charge is -2.07. The molecule has 0 spiro atoms. The van der Waals surface area contributed by atoms with E-state index in [4.69, 9.17) is 0 Å². The first-order chi connectivity index (χ1) is 14.4. The first kappa shape index (κ1) is 19.8. The summed E-state index contributed by atoms with van der Waals surface area (Å²) in [5.41, 5.74) is 1.77.